The molecule has 2 rings (SSSR count). The van der Waals surface area contributed by atoms with Crippen LogP contribution in [-0.2, 0) is 10.0 Å². The zero-order valence-electron chi connectivity index (χ0n) is 12.4. The van der Waals surface area contributed by atoms with Crippen molar-refractivity contribution in [2.75, 3.05) is 13.1 Å². The highest BCUT2D eigenvalue weighted by atomic mass is 32.2. The second kappa shape index (κ2) is 6.24. The minimum absolute atomic E-state index is 0.233. The summed E-state index contributed by atoms with van der Waals surface area (Å²) in [7, 11) is -3.36. The maximum Gasteiger partial charge on any atom is 0.240 e. The van der Waals surface area contributed by atoms with Gasteiger partial charge in [-0.05, 0) is 49.4 Å². The molecule has 5 heteroatoms. The highest BCUT2D eigenvalue weighted by Gasteiger charge is 2.33. The molecule has 0 spiro atoms. The van der Waals surface area contributed by atoms with E-state index in [0.29, 0.717) is 23.3 Å². The number of hydrogen-bond donors (Lipinski definition) is 2. The van der Waals surface area contributed by atoms with Crippen LogP contribution in [0.4, 0.5) is 0 Å². The smallest absolute Gasteiger partial charge is 0.240 e. The molecule has 0 aliphatic heterocycles. The fraction of sp³-hybridized carbons (Fsp3) is 0.600. The third-order valence-electron chi connectivity index (χ3n) is 4.01. The Labute approximate surface area is 122 Å². The molecule has 112 valence electrons. The first-order chi connectivity index (χ1) is 9.44. The SMILES string of the molecule is CCNC(C)c1ccc(S(=O)(=O)NCC2CC2C)cc1. The topological polar surface area (TPSA) is 58.2 Å². The van der Waals surface area contributed by atoms with E-state index in [1.807, 2.05) is 12.1 Å². The summed E-state index contributed by atoms with van der Waals surface area (Å²) in [5.41, 5.74) is 1.10. The van der Waals surface area contributed by atoms with Crippen molar-refractivity contribution in [1.82, 2.24) is 10.0 Å². The van der Waals surface area contributed by atoms with Crippen LogP contribution in [0.25, 0.3) is 0 Å². The fourth-order valence-electron chi connectivity index (χ4n) is 2.34. The molecule has 1 fully saturated rings. The van der Waals surface area contributed by atoms with Gasteiger partial charge in [-0.2, -0.15) is 0 Å². The van der Waals surface area contributed by atoms with E-state index in [-0.39, 0.29) is 6.04 Å². The molecular weight excluding hydrogens is 272 g/mol. The van der Waals surface area contributed by atoms with E-state index in [1.54, 1.807) is 12.1 Å². The van der Waals surface area contributed by atoms with E-state index in [0.717, 1.165) is 18.5 Å². The molecule has 0 heterocycles. The summed E-state index contributed by atoms with van der Waals surface area (Å²) in [6.45, 7) is 7.72. The van der Waals surface area contributed by atoms with Crippen LogP contribution in [0.15, 0.2) is 29.2 Å². The molecule has 1 aliphatic rings. The predicted molar refractivity (Wildman–Crippen MR) is 81.0 cm³/mol. The first-order valence-electron chi connectivity index (χ1n) is 7.27. The third-order valence-corrected chi connectivity index (χ3v) is 5.45. The summed E-state index contributed by atoms with van der Waals surface area (Å²) in [5, 5.41) is 3.31. The molecule has 2 N–H and O–H groups in total. The quantitative estimate of drug-likeness (QED) is 0.811. The van der Waals surface area contributed by atoms with E-state index in [9.17, 15) is 8.42 Å². The van der Waals surface area contributed by atoms with Gasteiger partial charge in [-0.25, -0.2) is 13.1 Å². The van der Waals surface area contributed by atoms with Gasteiger partial charge in [0.15, 0.2) is 0 Å². The van der Waals surface area contributed by atoms with Gasteiger partial charge in [0.1, 0.15) is 0 Å². The molecule has 4 nitrogen and oxygen atoms in total. The van der Waals surface area contributed by atoms with Crippen LogP contribution in [0, 0.1) is 11.8 Å². The summed E-state index contributed by atoms with van der Waals surface area (Å²) in [5.74, 6) is 1.17. The second-order valence-electron chi connectivity index (χ2n) is 5.67. The normalized spacial score (nSPS) is 23.6. The Kier molecular flexibility index (Phi) is 4.83. The number of sulfonamides is 1. The summed E-state index contributed by atoms with van der Waals surface area (Å²) in [6, 6.07) is 7.35. The van der Waals surface area contributed by atoms with Gasteiger partial charge in [-0.1, -0.05) is 26.0 Å². The van der Waals surface area contributed by atoms with E-state index >= 15 is 0 Å². The van der Waals surface area contributed by atoms with Crippen LogP contribution in [0.5, 0.6) is 0 Å². The zero-order valence-corrected chi connectivity index (χ0v) is 13.2. The minimum Gasteiger partial charge on any atom is -0.310 e. The van der Waals surface area contributed by atoms with Gasteiger partial charge in [0, 0.05) is 12.6 Å². The summed E-state index contributed by atoms with van der Waals surface area (Å²) in [6.07, 6.45) is 1.13. The molecule has 0 aromatic heterocycles. The highest BCUT2D eigenvalue weighted by molar-refractivity contribution is 7.89. The standard InChI is InChI=1S/C15H24N2O2S/c1-4-16-12(3)13-5-7-15(8-6-13)20(18,19)17-10-14-9-11(14)2/h5-8,11-12,14,16-17H,4,9-10H2,1-3H3. The maximum atomic E-state index is 12.2. The summed E-state index contributed by atoms with van der Waals surface area (Å²) < 4.78 is 27.0. The van der Waals surface area contributed by atoms with Crippen molar-refractivity contribution in [2.24, 2.45) is 11.8 Å². The number of hydrogen-bond acceptors (Lipinski definition) is 3. The van der Waals surface area contributed by atoms with E-state index in [4.69, 9.17) is 0 Å². The lowest BCUT2D eigenvalue weighted by Crippen LogP contribution is -2.26. The molecule has 0 radical (unpaired) electrons. The monoisotopic (exact) mass is 296 g/mol. The van der Waals surface area contributed by atoms with Gasteiger partial charge in [0.2, 0.25) is 10.0 Å². The average molecular weight is 296 g/mol. The Bertz CT molecular complexity index is 539. The van der Waals surface area contributed by atoms with Gasteiger partial charge in [0.25, 0.3) is 0 Å². The van der Waals surface area contributed by atoms with Crippen LogP contribution >= 0.6 is 0 Å². The van der Waals surface area contributed by atoms with Crippen molar-refractivity contribution >= 4 is 10.0 Å². The molecular formula is C15H24N2O2S. The van der Waals surface area contributed by atoms with E-state index < -0.39 is 10.0 Å². The Balaban J connectivity index is 2.00. The van der Waals surface area contributed by atoms with Crippen molar-refractivity contribution in [3.05, 3.63) is 29.8 Å². The number of nitrogens with one attached hydrogen (secondary N) is 2. The van der Waals surface area contributed by atoms with Crippen LogP contribution in [0.1, 0.15) is 38.8 Å². The summed E-state index contributed by atoms with van der Waals surface area (Å²) in [4.78, 5) is 0.346. The lowest BCUT2D eigenvalue weighted by atomic mass is 10.1. The van der Waals surface area contributed by atoms with Gasteiger partial charge in [0.05, 0.1) is 4.90 Å². The molecule has 0 amide bonds. The molecule has 1 saturated carbocycles. The molecule has 0 saturated heterocycles. The lowest BCUT2D eigenvalue weighted by molar-refractivity contribution is 0.573. The first kappa shape index (κ1) is 15.5. The van der Waals surface area contributed by atoms with Gasteiger partial charge < -0.3 is 5.32 Å². The first-order valence-corrected chi connectivity index (χ1v) is 8.75. The molecule has 3 atom stereocenters. The molecule has 1 aromatic carbocycles. The Morgan fingerprint density at radius 3 is 2.40 bits per heavy atom. The fourth-order valence-corrected chi connectivity index (χ4v) is 3.44. The van der Waals surface area contributed by atoms with Crippen molar-refractivity contribution < 1.29 is 8.42 Å². The Hall–Kier alpha value is -0.910. The number of rotatable bonds is 7. The molecule has 1 aliphatic carbocycles. The highest BCUT2D eigenvalue weighted by Crippen LogP contribution is 2.37. The van der Waals surface area contributed by atoms with Crippen LogP contribution in [-0.4, -0.2) is 21.5 Å². The molecule has 3 unspecified atom stereocenters. The maximum absolute atomic E-state index is 12.2. The van der Waals surface area contributed by atoms with E-state index in [1.165, 1.54) is 0 Å². The summed E-state index contributed by atoms with van der Waals surface area (Å²) >= 11 is 0. The van der Waals surface area contributed by atoms with Gasteiger partial charge in [-0.3, -0.25) is 0 Å². The van der Waals surface area contributed by atoms with Crippen LogP contribution < -0.4 is 10.0 Å². The minimum atomic E-state index is -3.36. The Morgan fingerprint density at radius 2 is 1.90 bits per heavy atom. The number of benzene rings is 1. The third kappa shape index (κ3) is 3.81. The zero-order chi connectivity index (χ0) is 14.8. The van der Waals surface area contributed by atoms with Crippen molar-refractivity contribution in [3.8, 4) is 0 Å². The van der Waals surface area contributed by atoms with Gasteiger partial charge >= 0.3 is 0 Å². The van der Waals surface area contributed by atoms with Crippen molar-refractivity contribution in [3.63, 3.8) is 0 Å². The van der Waals surface area contributed by atoms with E-state index in [2.05, 4.69) is 30.8 Å². The molecule has 0 bridgehead atoms. The van der Waals surface area contributed by atoms with Crippen molar-refractivity contribution in [2.45, 2.75) is 38.1 Å². The average Bonchev–Trinajstić information content (AvgIpc) is 3.13. The van der Waals surface area contributed by atoms with Crippen LogP contribution in [0.3, 0.4) is 0 Å². The molecule has 20 heavy (non-hydrogen) atoms. The van der Waals surface area contributed by atoms with Crippen molar-refractivity contribution in [1.29, 1.82) is 0 Å². The van der Waals surface area contributed by atoms with Crippen LogP contribution in [0.2, 0.25) is 0 Å². The second-order valence-corrected chi connectivity index (χ2v) is 7.44. The Morgan fingerprint density at radius 1 is 1.30 bits per heavy atom. The predicted octanol–water partition coefficient (Wildman–Crippen LogP) is 2.29. The molecule has 1 aromatic rings. The van der Waals surface area contributed by atoms with Gasteiger partial charge in [-0.15, -0.1) is 0 Å². The largest absolute Gasteiger partial charge is 0.310 e. The lowest BCUT2D eigenvalue weighted by Gasteiger charge is -2.13.